The summed E-state index contributed by atoms with van der Waals surface area (Å²) in [7, 11) is 0. The van der Waals surface area contributed by atoms with Crippen molar-refractivity contribution in [3.05, 3.63) is 0 Å². The Kier molecular flexibility index (Phi) is 5.69. The van der Waals surface area contributed by atoms with Gasteiger partial charge in [0.05, 0.1) is 18.3 Å². The Morgan fingerprint density at radius 2 is 2.00 bits per heavy atom. The summed E-state index contributed by atoms with van der Waals surface area (Å²) in [5.41, 5.74) is -0.610. The van der Waals surface area contributed by atoms with Crippen LogP contribution in [0.25, 0.3) is 0 Å². The summed E-state index contributed by atoms with van der Waals surface area (Å²) < 4.78 is 0. The van der Waals surface area contributed by atoms with Crippen molar-refractivity contribution >= 4 is 0 Å². The molecule has 0 bridgehead atoms. The molecule has 0 spiro atoms. The highest BCUT2D eigenvalue weighted by molar-refractivity contribution is 4.87. The van der Waals surface area contributed by atoms with E-state index in [4.69, 9.17) is 10.2 Å². The van der Waals surface area contributed by atoms with Crippen LogP contribution in [0.5, 0.6) is 0 Å². The summed E-state index contributed by atoms with van der Waals surface area (Å²) in [6.07, 6.45) is 4.35. The normalized spacial score (nSPS) is 32.6. The van der Waals surface area contributed by atoms with Gasteiger partial charge in [-0.1, -0.05) is 13.3 Å². The maximum atomic E-state index is 10.3. The summed E-state index contributed by atoms with van der Waals surface area (Å²) in [5.74, 6) is 0.767. The fourth-order valence-electron chi connectivity index (χ4n) is 2.34. The molecule has 0 aromatic heterocycles. The smallest absolute Gasteiger partial charge is 0.0894 e. The predicted molar refractivity (Wildman–Crippen MR) is 63.2 cm³/mol. The van der Waals surface area contributed by atoms with Gasteiger partial charge in [0.15, 0.2) is 0 Å². The molecule has 1 fully saturated rings. The van der Waals surface area contributed by atoms with Gasteiger partial charge in [-0.15, -0.1) is 0 Å². The van der Waals surface area contributed by atoms with Crippen molar-refractivity contribution in [2.45, 2.75) is 50.7 Å². The minimum absolute atomic E-state index is 0.233. The van der Waals surface area contributed by atoms with Crippen molar-refractivity contribution in [1.29, 1.82) is 0 Å². The second-order valence-corrected chi connectivity index (χ2v) is 5.04. The number of hydrogen-bond acceptors (Lipinski definition) is 4. The van der Waals surface area contributed by atoms with E-state index in [9.17, 15) is 5.11 Å². The largest absolute Gasteiger partial charge is 0.394 e. The lowest BCUT2D eigenvalue weighted by Gasteiger charge is -2.36. The van der Waals surface area contributed by atoms with Crippen LogP contribution in [0.15, 0.2) is 0 Å². The number of nitrogens with one attached hydrogen (secondary N) is 1. The van der Waals surface area contributed by atoms with Crippen LogP contribution in [0.3, 0.4) is 0 Å². The van der Waals surface area contributed by atoms with Gasteiger partial charge in [-0.05, 0) is 31.6 Å². The highest BCUT2D eigenvalue weighted by Crippen LogP contribution is 2.33. The van der Waals surface area contributed by atoms with E-state index in [1.807, 2.05) is 0 Å². The Bertz CT molecular complexity index is 191. The molecule has 96 valence electrons. The molecule has 0 aliphatic heterocycles. The monoisotopic (exact) mass is 231 g/mol. The Labute approximate surface area is 97.7 Å². The lowest BCUT2D eigenvalue weighted by atomic mass is 9.78. The molecule has 16 heavy (non-hydrogen) atoms. The standard InChI is InChI=1S/C12H25NO3/c1-2-10-3-5-12(16,6-4-10)9-13-7-11(15)8-14/h10-11,13-16H,2-9H2,1H3/t10?,11-,12?/m0/s1. The van der Waals surface area contributed by atoms with E-state index in [-0.39, 0.29) is 6.61 Å². The van der Waals surface area contributed by atoms with Crippen LogP contribution in [0.1, 0.15) is 39.0 Å². The zero-order valence-corrected chi connectivity index (χ0v) is 10.2. The van der Waals surface area contributed by atoms with Crippen molar-refractivity contribution < 1.29 is 15.3 Å². The summed E-state index contributed by atoms with van der Waals surface area (Å²) in [6, 6.07) is 0. The average Bonchev–Trinajstić information content (AvgIpc) is 2.30. The fourth-order valence-corrected chi connectivity index (χ4v) is 2.34. The van der Waals surface area contributed by atoms with Crippen molar-refractivity contribution in [2.75, 3.05) is 19.7 Å². The topological polar surface area (TPSA) is 72.7 Å². The molecule has 0 unspecified atom stereocenters. The molecule has 1 atom stereocenters. The van der Waals surface area contributed by atoms with Gasteiger partial charge in [-0.2, -0.15) is 0 Å². The van der Waals surface area contributed by atoms with Crippen LogP contribution in [0.4, 0.5) is 0 Å². The molecule has 0 heterocycles. The quantitative estimate of drug-likeness (QED) is 0.529. The molecule has 4 heteroatoms. The van der Waals surface area contributed by atoms with Crippen molar-refractivity contribution in [1.82, 2.24) is 5.32 Å². The first-order valence-electron chi connectivity index (χ1n) is 6.31. The second kappa shape index (κ2) is 6.55. The third-order valence-electron chi connectivity index (χ3n) is 3.66. The number of rotatable bonds is 6. The average molecular weight is 231 g/mol. The van der Waals surface area contributed by atoms with Crippen LogP contribution >= 0.6 is 0 Å². The van der Waals surface area contributed by atoms with Crippen LogP contribution < -0.4 is 5.32 Å². The Hall–Kier alpha value is -0.160. The molecule has 0 saturated heterocycles. The number of hydrogen-bond donors (Lipinski definition) is 4. The molecule has 1 saturated carbocycles. The molecular weight excluding hydrogens is 206 g/mol. The molecule has 4 N–H and O–H groups in total. The molecule has 4 nitrogen and oxygen atoms in total. The first-order valence-corrected chi connectivity index (χ1v) is 6.31. The zero-order valence-electron chi connectivity index (χ0n) is 10.2. The highest BCUT2D eigenvalue weighted by Gasteiger charge is 2.32. The van der Waals surface area contributed by atoms with Crippen LogP contribution in [-0.4, -0.2) is 46.7 Å². The van der Waals surface area contributed by atoms with E-state index >= 15 is 0 Å². The number of aliphatic hydroxyl groups excluding tert-OH is 2. The van der Waals surface area contributed by atoms with E-state index in [0.29, 0.717) is 13.1 Å². The summed E-state index contributed by atoms with van der Waals surface area (Å²) >= 11 is 0. The van der Waals surface area contributed by atoms with Gasteiger partial charge in [0, 0.05) is 13.1 Å². The highest BCUT2D eigenvalue weighted by atomic mass is 16.3. The van der Waals surface area contributed by atoms with Crippen LogP contribution in [0, 0.1) is 5.92 Å². The molecular formula is C12H25NO3. The van der Waals surface area contributed by atoms with E-state index in [1.165, 1.54) is 6.42 Å². The van der Waals surface area contributed by atoms with Gasteiger partial charge in [0.2, 0.25) is 0 Å². The van der Waals surface area contributed by atoms with E-state index in [1.54, 1.807) is 0 Å². The fraction of sp³-hybridized carbons (Fsp3) is 1.00. The third kappa shape index (κ3) is 4.37. The van der Waals surface area contributed by atoms with Crippen molar-refractivity contribution in [2.24, 2.45) is 5.92 Å². The molecule has 0 aromatic rings. The first kappa shape index (κ1) is 13.9. The van der Waals surface area contributed by atoms with Gasteiger partial charge in [0.1, 0.15) is 0 Å². The third-order valence-corrected chi connectivity index (χ3v) is 3.66. The van der Waals surface area contributed by atoms with Crippen molar-refractivity contribution in [3.63, 3.8) is 0 Å². The van der Waals surface area contributed by atoms with E-state index in [0.717, 1.165) is 31.6 Å². The minimum atomic E-state index is -0.726. The SMILES string of the molecule is CCC1CCC(O)(CNC[C@H](O)CO)CC1. The molecule has 0 radical (unpaired) electrons. The van der Waals surface area contributed by atoms with Gasteiger partial charge in [-0.25, -0.2) is 0 Å². The van der Waals surface area contributed by atoms with Gasteiger partial charge in [-0.3, -0.25) is 0 Å². The lowest BCUT2D eigenvalue weighted by Crippen LogP contribution is -2.45. The summed E-state index contributed by atoms with van der Waals surface area (Å²) in [5, 5.41) is 31.1. The lowest BCUT2D eigenvalue weighted by molar-refractivity contribution is -0.0117. The maximum absolute atomic E-state index is 10.3. The number of aliphatic hydroxyl groups is 3. The van der Waals surface area contributed by atoms with Gasteiger partial charge < -0.3 is 20.6 Å². The molecule has 1 rings (SSSR count). The first-order chi connectivity index (χ1) is 7.59. The Morgan fingerprint density at radius 1 is 1.38 bits per heavy atom. The maximum Gasteiger partial charge on any atom is 0.0894 e. The molecule has 0 aromatic carbocycles. The van der Waals surface area contributed by atoms with Gasteiger partial charge in [0.25, 0.3) is 0 Å². The Morgan fingerprint density at radius 3 is 2.50 bits per heavy atom. The molecule has 0 amide bonds. The van der Waals surface area contributed by atoms with Crippen molar-refractivity contribution in [3.8, 4) is 0 Å². The van der Waals surface area contributed by atoms with E-state index < -0.39 is 11.7 Å². The Balaban J connectivity index is 2.20. The predicted octanol–water partition coefficient (Wildman–Crippen LogP) is 0.260. The van der Waals surface area contributed by atoms with Crippen LogP contribution in [-0.2, 0) is 0 Å². The van der Waals surface area contributed by atoms with Crippen LogP contribution in [0.2, 0.25) is 0 Å². The molecule has 1 aliphatic rings. The zero-order chi connectivity index (χ0) is 12.0. The summed E-state index contributed by atoms with van der Waals surface area (Å²) in [4.78, 5) is 0. The van der Waals surface area contributed by atoms with E-state index in [2.05, 4.69) is 12.2 Å². The molecule has 1 aliphatic carbocycles. The summed E-state index contributed by atoms with van der Waals surface area (Å²) in [6.45, 7) is 2.82. The minimum Gasteiger partial charge on any atom is -0.394 e. The van der Waals surface area contributed by atoms with Gasteiger partial charge >= 0.3 is 0 Å². The second-order valence-electron chi connectivity index (χ2n) is 5.04.